The molecule has 4 aliphatic heterocycles. The SMILES string of the molecule is CCC1OC(=O)CC(O)C(C)C(OC2OC(C)C(OC3CC(C)(O)C(O)C(C)O3)C(N(C)C)C2O)C(CC=O)CC(C)C(=O)/C=C\C(C)=C/C1COC1OC(C)C(O)C(OC)C1OC. The van der Waals surface area contributed by atoms with Crippen molar-refractivity contribution < 1.29 is 82.5 Å². The van der Waals surface area contributed by atoms with Gasteiger partial charge in [-0.3, -0.25) is 9.59 Å². The fourth-order valence-corrected chi connectivity index (χ4v) is 9.51. The molecule has 0 amide bonds. The Morgan fingerprint density at radius 1 is 0.859 bits per heavy atom. The zero-order valence-electron chi connectivity index (χ0n) is 39.7. The molecule has 18 nitrogen and oxygen atoms in total. The predicted molar refractivity (Wildman–Crippen MR) is 230 cm³/mol. The topological polar surface area (TPSA) is 239 Å². The lowest BCUT2D eigenvalue weighted by Gasteiger charge is -2.50. The number of rotatable bonds is 13. The molecular formula is C46H77NO17. The Morgan fingerprint density at radius 3 is 2.11 bits per heavy atom. The van der Waals surface area contributed by atoms with E-state index in [4.69, 9.17) is 42.6 Å². The zero-order valence-corrected chi connectivity index (χ0v) is 39.7. The van der Waals surface area contributed by atoms with Gasteiger partial charge in [0.1, 0.15) is 49.0 Å². The molecule has 18 heteroatoms. The molecule has 21 atom stereocenters. The quantitative estimate of drug-likeness (QED) is 0.131. The Bertz CT molecular complexity index is 1560. The molecule has 64 heavy (non-hydrogen) atoms. The molecule has 0 bridgehead atoms. The van der Waals surface area contributed by atoms with Crippen molar-refractivity contribution in [3.8, 4) is 0 Å². The Morgan fingerprint density at radius 2 is 1.52 bits per heavy atom. The lowest BCUT2D eigenvalue weighted by molar-refractivity contribution is -0.341. The molecule has 0 aromatic heterocycles. The number of ketones is 1. The summed E-state index contributed by atoms with van der Waals surface area (Å²) in [6.45, 7) is 13.6. The van der Waals surface area contributed by atoms with Crippen molar-refractivity contribution >= 4 is 18.0 Å². The van der Waals surface area contributed by atoms with Gasteiger partial charge in [0.15, 0.2) is 24.7 Å². The van der Waals surface area contributed by atoms with E-state index in [1.165, 1.54) is 27.2 Å². The summed E-state index contributed by atoms with van der Waals surface area (Å²) < 4.78 is 54.7. The summed E-state index contributed by atoms with van der Waals surface area (Å²) in [6, 6.07) is -0.748. The molecule has 0 aliphatic carbocycles. The minimum atomic E-state index is -1.49. The lowest BCUT2D eigenvalue weighted by Crippen LogP contribution is -2.65. The molecule has 3 fully saturated rings. The number of nitrogens with zero attached hydrogens (tertiary/aromatic N) is 1. The highest BCUT2D eigenvalue weighted by atomic mass is 16.7. The van der Waals surface area contributed by atoms with Crippen LogP contribution in [-0.4, -0.2) is 187 Å². The van der Waals surface area contributed by atoms with E-state index in [1.54, 1.807) is 59.7 Å². The van der Waals surface area contributed by atoms with Crippen molar-refractivity contribution in [3.63, 3.8) is 0 Å². The Balaban J connectivity index is 1.62. The zero-order chi connectivity index (χ0) is 47.8. The van der Waals surface area contributed by atoms with E-state index >= 15 is 0 Å². The molecule has 0 radical (unpaired) electrons. The van der Waals surface area contributed by atoms with Crippen LogP contribution in [0.2, 0.25) is 0 Å². The summed E-state index contributed by atoms with van der Waals surface area (Å²) in [6.07, 6.45) is -8.49. The van der Waals surface area contributed by atoms with Gasteiger partial charge in [0.25, 0.3) is 0 Å². The smallest absolute Gasteiger partial charge is 0.308 e. The summed E-state index contributed by atoms with van der Waals surface area (Å²) in [7, 11) is 6.43. The second-order valence-electron chi connectivity index (χ2n) is 18.7. The third-order valence-electron chi connectivity index (χ3n) is 13.4. The van der Waals surface area contributed by atoms with Crippen LogP contribution in [0.1, 0.15) is 87.5 Å². The van der Waals surface area contributed by atoms with Crippen LogP contribution in [0, 0.1) is 23.7 Å². The van der Waals surface area contributed by atoms with Crippen molar-refractivity contribution in [3.05, 3.63) is 23.8 Å². The number of esters is 1. The van der Waals surface area contributed by atoms with Crippen LogP contribution >= 0.6 is 0 Å². The molecule has 4 aliphatic rings. The maximum atomic E-state index is 13.8. The van der Waals surface area contributed by atoms with Crippen molar-refractivity contribution in [1.82, 2.24) is 4.90 Å². The predicted octanol–water partition coefficient (Wildman–Crippen LogP) is 1.83. The Labute approximate surface area is 378 Å². The molecule has 368 valence electrons. The normalized spacial score (nSPS) is 45.9. The molecule has 0 aromatic carbocycles. The van der Waals surface area contributed by atoms with Crippen LogP contribution in [0.25, 0.3) is 0 Å². The van der Waals surface area contributed by atoms with Gasteiger partial charge in [0, 0.05) is 44.8 Å². The second-order valence-corrected chi connectivity index (χ2v) is 18.7. The maximum absolute atomic E-state index is 13.8. The van der Waals surface area contributed by atoms with E-state index in [-0.39, 0.29) is 31.7 Å². The van der Waals surface area contributed by atoms with Gasteiger partial charge < -0.3 is 77.9 Å². The second kappa shape index (κ2) is 24.1. The first-order chi connectivity index (χ1) is 30.1. The van der Waals surface area contributed by atoms with E-state index < -0.39 is 140 Å². The summed E-state index contributed by atoms with van der Waals surface area (Å²) >= 11 is 0. The number of aldehydes is 1. The van der Waals surface area contributed by atoms with Crippen LogP contribution < -0.4 is 0 Å². The van der Waals surface area contributed by atoms with Crippen LogP contribution in [-0.2, 0) is 57.0 Å². The first kappa shape index (κ1) is 54.3. The number of hydrogen-bond donors (Lipinski definition) is 5. The number of cyclic esters (lactones) is 1. The number of allylic oxidation sites excluding steroid dienone is 3. The largest absolute Gasteiger partial charge is 0.462 e. The fourth-order valence-electron chi connectivity index (χ4n) is 9.51. The summed E-state index contributed by atoms with van der Waals surface area (Å²) in [5.74, 6) is -3.59. The van der Waals surface area contributed by atoms with Gasteiger partial charge >= 0.3 is 5.97 Å². The lowest BCUT2D eigenvalue weighted by atomic mass is 9.79. The van der Waals surface area contributed by atoms with Crippen LogP contribution in [0.5, 0.6) is 0 Å². The highest BCUT2D eigenvalue weighted by molar-refractivity contribution is 5.91. The van der Waals surface area contributed by atoms with Gasteiger partial charge in [-0.05, 0) is 73.5 Å². The standard InChI is InChI=1S/C46H77NO17/c1-13-33-30(22-58-45-42(57-12)41(56-11)37(52)26(5)60-45)18-23(2)14-15-31(49)24(3)19-29(16-17-48)39(25(4)32(50)20-34(51)62-33)64-44-38(53)36(47(9)10)40(27(6)61-44)63-35-21-46(8,55)43(54)28(7)59-35/h14-15,17-18,24-30,32-33,35-45,50,52-55H,13,16,19-22H2,1-12H3/b15-14-,23-18-. The van der Waals surface area contributed by atoms with Gasteiger partial charge in [0.2, 0.25) is 0 Å². The number of methoxy groups -OCH3 is 2. The van der Waals surface area contributed by atoms with Gasteiger partial charge in [-0.25, -0.2) is 0 Å². The Hall–Kier alpha value is -2.27. The van der Waals surface area contributed by atoms with Crippen LogP contribution in [0.15, 0.2) is 23.8 Å². The van der Waals surface area contributed by atoms with Gasteiger partial charge in [-0.2, -0.15) is 0 Å². The van der Waals surface area contributed by atoms with E-state index in [9.17, 15) is 39.9 Å². The van der Waals surface area contributed by atoms with E-state index in [0.717, 1.165) is 6.29 Å². The van der Waals surface area contributed by atoms with Crippen molar-refractivity contribution in [2.24, 2.45) is 23.7 Å². The number of carbonyl (C=O) groups is 3. The van der Waals surface area contributed by atoms with Crippen LogP contribution in [0.4, 0.5) is 0 Å². The minimum absolute atomic E-state index is 0.00788. The molecule has 0 saturated carbocycles. The van der Waals surface area contributed by atoms with Gasteiger partial charge in [0.05, 0.1) is 55.2 Å². The molecule has 4 rings (SSSR count). The van der Waals surface area contributed by atoms with Gasteiger partial charge in [-0.15, -0.1) is 0 Å². The number of carbonyl (C=O) groups excluding carboxylic acids is 3. The highest BCUT2D eigenvalue weighted by Crippen LogP contribution is 2.37. The molecule has 5 N–H and O–H groups in total. The number of hydrogen-bond acceptors (Lipinski definition) is 18. The Kier molecular flexibility index (Phi) is 20.5. The van der Waals surface area contributed by atoms with Crippen molar-refractivity contribution in [1.29, 1.82) is 0 Å². The van der Waals surface area contributed by atoms with Crippen molar-refractivity contribution in [2.45, 2.75) is 191 Å². The molecular weight excluding hydrogens is 838 g/mol. The van der Waals surface area contributed by atoms with Crippen LogP contribution in [0.3, 0.4) is 0 Å². The summed E-state index contributed by atoms with van der Waals surface area (Å²) in [5, 5.41) is 55.8. The average molecular weight is 916 g/mol. The maximum Gasteiger partial charge on any atom is 0.308 e. The van der Waals surface area contributed by atoms with E-state index in [0.29, 0.717) is 12.0 Å². The first-order valence-corrected chi connectivity index (χ1v) is 22.7. The molecule has 0 spiro atoms. The summed E-state index contributed by atoms with van der Waals surface area (Å²) in [4.78, 5) is 41.5. The third-order valence-corrected chi connectivity index (χ3v) is 13.4. The number of likely N-dealkylation sites (N-methyl/N-ethyl adjacent to an activating group) is 1. The monoisotopic (exact) mass is 916 g/mol. The molecule has 0 aromatic rings. The molecule has 21 unspecified atom stereocenters. The first-order valence-electron chi connectivity index (χ1n) is 22.7. The van der Waals surface area contributed by atoms with Gasteiger partial charge in [-0.1, -0.05) is 38.5 Å². The molecule has 3 saturated heterocycles. The minimum Gasteiger partial charge on any atom is -0.462 e. The number of aliphatic hydroxyl groups excluding tert-OH is 4. The van der Waals surface area contributed by atoms with E-state index in [1.807, 2.05) is 19.9 Å². The fraction of sp³-hybridized carbons (Fsp3) is 0.848. The molecule has 4 heterocycles. The number of ether oxygens (including phenoxy) is 9. The van der Waals surface area contributed by atoms with E-state index in [2.05, 4.69) is 0 Å². The van der Waals surface area contributed by atoms with Crippen molar-refractivity contribution in [2.75, 3.05) is 34.9 Å². The highest BCUT2D eigenvalue weighted by Gasteiger charge is 2.52. The average Bonchev–Trinajstić information content (AvgIpc) is 3.23. The number of aliphatic hydroxyl groups is 5. The third kappa shape index (κ3) is 13.5. The summed E-state index contributed by atoms with van der Waals surface area (Å²) in [5.41, 5.74) is -0.806.